The second-order valence-electron chi connectivity index (χ2n) is 14.7. The number of carbonyl (C=O) groups excluding carboxylic acids is 3. The number of aromatic nitrogens is 2. The van der Waals surface area contributed by atoms with Gasteiger partial charge in [-0.3, -0.25) is 14.4 Å². The van der Waals surface area contributed by atoms with Gasteiger partial charge in [0.15, 0.2) is 0 Å². The Bertz CT molecular complexity index is 2010. The summed E-state index contributed by atoms with van der Waals surface area (Å²) in [5, 5.41) is 22.3. The number of carbonyl (C=O) groups is 3. The van der Waals surface area contributed by atoms with E-state index in [4.69, 9.17) is 4.42 Å². The molecule has 1 aromatic heterocycles. The van der Waals surface area contributed by atoms with Gasteiger partial charge >= 0.3 is 0 Å². The first-order chi connectivity index (χ1) is 24.9. The molecule has 2 heterocycles. The van der Waals surface area contributed by atoms with Gasteiger partial charge in [-0.05, 0) is 116 Å². The summed E-state index contributed by atoms with van der Waals surface area (Å²) in [5.74, 6) is 0.165. The minimum absolute atomic E-state index is 0.0512. The molecule has 3 aliphatic rings. The number of aryl methyl sites for hydroxylation is 2. The number of hydrogen-bond donors (Lipinski definition) is 1. The fourth-order valence-corrected chi connectivity index (χ4v) is 8.09. The molecule has 1 saturated carbocycles. The third kappa shape index (κ3) is 6.23. The highest BCUT2D eigenvalue weighted by Crippen LogP contribution is 2.49. The second kappa shape index (κ2) is 13.6. The summed E-state index contributed by atoms with van der Waals surface area (Å²) >= 11 is 0. The molecule has 4 aromatic rings. The first kappa shape index (κ1) is 35.0. The fraction of sp³-hybridized carbons (Fsp3) is 0.400. The second-order valence-corrected chi connectivity index (χ2v) is 14.7. The molecule has 0 spiro atoms. The van der Waals surface area contributed by atoms with Crippen molar-refractivity contribution in [1.29, 1.82) is 5.26 Å². The minimum atomic E-state index is -1.09. The zero-order valence-corrected chi connectivity index (χ0v) is 30.0. The predicted octanol–water partition coefficient (Wildman–Crippen LogP) is 4.59. The van der Waals surface area contributed by atoms with E-state index in [2.05, 4.69) is 21.6 Å². The molecule has 0 bridgehead atoms. The zero-order chi connectivity index (χ0) is 36.9. The normalized spacial score (nSPS) is 20.1. The van der Waals surface area contributed by atoms with Crippen LogP contribution < -0.4 is 5.32 Å². The van der Waals surface area contributed by atoms with Crippen molar-refractivity contribution in [3.63, 3.8) is 0 Å². The van der Waals surface area contributed by atoms with Crippen LogP contribution >= 0.6 is 0 Å². The Kier molecular flexibility index (Phi) is 9.17. The van der Waals surface area contributed by atoms with Crippen LogP contribution in [-0.4, -0.2) is 95.5 Å². The van der Waals surface area contributed by atoms with Crippen molar-refractivity contribution in [3.8, 4) is 17.5 Å². The smallest absolute Gasteiger partial charge is 0.253 e. The van der Waals surface area contributed by atoms with Gasteiger partial charge in [0.1, 0.15) is 17.3 Å². The monoisotopic (exact) mass is 703 g/mol. The molecule has 2 fully saturated rings. The number of rotatable bonds is 9. The summed E-state index contributed by atoms with van der Waals surface area (Å²) < 4.78 is 20.5. The van der Waals surface area contributed by atoms with Crippen LogP contribution in [0.5, 0.6) is 0 Å². The Morgan fingerprint density at radius 1 is 0.942 bits per heavy atom. The molecule has 1 unspecified atom stereocenters. The van der Waals surface area contributed by atoms with Gasteiger partial charge in [-0.25, -0.2) is 4.39 Å². The molecule has 1 N–H and O–H groups in total. The van der Waals surface area contributed by atoms with Crippen LogP contribution in [0.15, 0.2) is 65.1 Å². The van der Waals surface area contributed by atoms with E-state index in [-0.39, 0.29) is 48.1 Å². The summed E-state index contributed by atoms with van der Waals surface area (Å²) in [7, 11) is 6.86. The quantitative estimate of drug-likeness (QED) is 0.268. The summed E-state index contributed by atoms with van der Waals surface area (Å²) in [6.07, 6.45) is 3.18. The number of likely N-dealkylation sites (tertiary alicyclic amines) is 1. The average Bonchev–Trinajstić information content (AvgIpc) is 3.57. The van der Waals surface area contributed by atoms with E-state index >= 15 is 0 Å². The standard InChI is InChI=1S/C40H42FN7O4/c1-23(43-22-35(49)48-31(21-42)18-29-19-34(29)48)20-40(39-45-44-36(52-39)24-8-12-30(41)13-9-24)32-14-10-27(37(50)46(2)3)16-25(32)6-7-26-17-28(11-15-33(26)40)38(51)47(4)5/h8-17,23,29,31,34,43H,6-7,18-20,22H2,1-5H3/t23-,29+,31?,34-/m0/s1. The van der Waals surface area contributed by atoms with Gasteiger partial charge < -0.3 is 24.4 Å². The van der Waals surface area contributed by atoms with Crippen LogP contribution in [-0.2, 0) is 23.1 Å². The summed E-state index contributed by atoms with van der Waals surface area (Å²) in [4.78, 5) is 44.7. The maximum atomic E-state index is 13.9. The molecular weight excluding hydrogens is 661 g/mol. The Morgan fingerprint density at radius 3 is 2.10 bits per heavy atom. The van der Waals surface area contributed by atoms with Gasteiger partial charge in [0.05, 0.1) is 12.6 Å². The van der Waals surface area contributed by atoms with Crippen LogP contribution in [0, 0.1) is 23.1 Å². The van der Waals surface area contributed by atoms with E-state index in [1.165, 1.54) is 21.9 Å². The third-order valence-corrected chi connectivity index (χ3v) is 10.7. The number of hydrogen-bond acceptors (Lipinski definition) is 8. The third-order valence-electron chi connectivity index (χ3n) is 10.7. The highest BCUT2D eigenvalue weighted by molar-refractivity contribution is 5.95. The van der Waals surface area contributed by atoms with E-state index in [0.29, 0.717) is 47.8 Å². The molecule has 12 heteroatoms. The molecule has 52 heavy (non-hydrogen) atoms. The Morgan fingerprint density at radius 2 is 1.54 bits per heavy atom. The molecule has 3 aromatic carbocycles. The SMILES string of the molecule is C[C@@H](CC1(c2nnc(-c3ccc(F)cc3)o2)c2ccc(C(=O)N(C)C)cc2CCc2cc(C(=O)N(C)C)ccc21)NCC(=O)N1C(C#N)C[C@@H]2C[C@@H]21. The lowest BCUT2D eigenvalue weighted by Crippen LogP contribution is -2.46. The van der Waals surface area contributed by atoms with Crippen LogP contribution in [0.1, 0.15) is 75.0 Å². The number of benzene rings is 3. The van der Waals surface area contributed by atoms with Crippen LogP contribution in [0.4, 0.5) is 4.39 Å². The maximum Gasteiger partial charge on any atom is 0.253 e. The van der Waals surface area contributed by atoms with Crippen LogP contribution in [0.3, 0.4) is 0 Å². The van der Waals surface area contributed by atoms with Gasteiger partial charge in [-0.1, -0.05) is 12.1 Å². The summed E-state index contributed by atoms with van der Waals surface area (Å²) in [5.41, 5.74) is 4.11. The molecule has 1 aliphatic heterocycles. The van der Waals surface area contributed by atoms with Crippen molar-refractivity contribution in [2.45, 2.75) is 62.6 Å². The van der Waals surface area contributed by atoms with E-state index < -0.39 is 11.5 Å². The van der Waals surface area contributed by atoms with E-state index in [0.717, 1.165) is 35.1 Å². The largest absolute Gasteiger partial charge is 0.419 e. The Balaban J connectivity index is 1.36. The van der Waals surface area contributed by atoms with Gasteiger partial charge in [0.2, 0.25) is 17.7 Å². The van der Waals surface area contributed by atoms with Crippen LogP contribution in [0.25, 0.3) is 11.5 Å². The van der Waals surface area contributed by atoms with Crippen molar-refractivity contribution in [1.82, 2.24) is 30.2 Å². The molecule has 1 saturated heterocycles. The Labute approximate surface area is 302 Å². The van der Waals surface area contributed by atoms with Gasteiger partial charge in [0, 0.05) is 57.0 Å². The number of halogens is 1. The molecule has 0 radical (unpaired) electrons. The molecule has 4 atom stereocenters. The molecule has 11 nitrogen and oxygen atoms in total. The molecule has 7 rings (SSSR count). The number of amides is 3. The van der Waals surface area contributed by atoms with E-state index in [1.807, 2.05) is 43.3 Å². The molecule has 3 amide bonds. The van der Waals surface area contributed by atoms with Crippen molar-refractivity contribution in [3.05, 3.63) is 106 Å². The summed E-state index contributed by atoms with van der Waals surface area (Å²) in [6, 6.07) is 18.9. The topological polar surface area (TPSA) is 136 Å². The zero-order valence-electron chi connectivity index (χ0n) is 30.0. The molecule has 268 valence electrons. The molecule has 2 aliphatic carbocycles. The lowest BCUT2D eigenvalue weighted by Gasteiger charge is -2.36. The van der Waals surface area contributed by atoms with Crippen molar-refractivity contribution < 1.29 is 23.2 Å². The number of nitriles is 1. The lowest BCUT2D eigenvalue weighted by molar-refractivity contribution is -0.131. The number of piperidine rings is 1. The van der Waals surface area contributed by atoms with Gasteiger partial charge in [-0.15, -0.1) is 10.2 Å². The van der Waals surface area contributed by atoms with Crippen molar-refractivity contribution in [2.24, 2.45) is 5.92 Å². The number of nitrogens with one attached hydrogen (secondary N) is 1. The highest BCUT2D eigenvalue weighted by atomic mass is 19.1. The number of nitrogens with zero attached hydrogens (tertiary/aromatic N) is 6. The fourth-order valence-electron chi connectivity index (χ4n) is 8.09. The maximum absolute atomic E-state index is 13.9. The van der Waals surface area contributed by atoms with Gasteiger partial charge in [0.25, 0.3) is 11.8 Å². The van der Waals surface area contributed by atoms with Crippen molar-refractivity contribution >= 4 is 17.7 Å². The minimum Gasteiger partial charge on any atom is -0.419 e. The van der Waals surface area contributed by atoms with E-state index in [9.17, 15) is 24.0 Å². The lowest BCUT2D eigenvalue weighted by atomic mass is 9.68. The Hall–Kier alpha value is -5.41. The summed E-state index contributed by atoms with van der Waals surface area (Å²) in [6.45, 7) is 2.05. The average molecular weight is 704 g/mol. The first-order valence-corrected chi connectivity index (χ1v) is 17.7. The molecular formula is C40H42FN7O4. The van der Waals surface area contributed by atoms with Gasteiger partial charge in [-0.2, -0.15) is 5.26 Å². The number of fused-ring (bicyclic) bond motifs is 3. The first-order valence-electron chi connectivity index (χ1n) is 17.7. The van der Waals surface area contributed by atoms with Crippen molar-refractivity contribution in [2.75, 3.05) is 34.7 Å². The van der Waals surface area contributed by atoms with Crippen LogP contribution in [0.2, 0.25) is 0 Å². The predicted molar refractivity (Wildman–Crippen MR) is 191 cm³/mol. The van der Waals surface area contributed by atoms with E-state index in [1.54, 1.807) is 45.2 Å². The highest BCUT2D eigenvalue weighted by Gasteiger charge is 2.54.